The number of hydrogen-bond acceptors (Lipinski definition) is 7. The van der Waals surface area contributed by atoms with E-state index >= 15 is 0 Å². The molecule has 2 fully saturated rings. The third-order valence-electron chi connectivity index (χ3n) is 5.67. The molecule has 4 atom stereocenters. The van der Waals surface area contributed by atoms with E-state index in [1.165, 1.54) is 0 Å². The van der Waals surface area contributed by atoms with Gasteiger partial charge in [0.25, 0.3) is 5.91 Å². The Morgan fingerprint density at radius 3 is 2.48 bits per heavy atom. The van der Waals surface area contributed by atoms with Crippen LogP contribution >= 0.6 is 0 Å². The summed E-state index contributed by atoms with van der Waals surface area (Å²) in [6.45, 7) is 2.52. The molecule has 4 N–H and O–H groups in total. The van der Waals surface area contributed by atoms with Gasteiger partial charge in [0.05, 0.1) is 31.8 Å². The van der Waals surface area contributed by atoms with Crippen molar-refractivity contribution in [2.75, 3.05) is 33.0 Å². The predicted molar refractivity (Wildman–Crippen MR) is 106 cm³/mol. The van der Waals surface area contributed by atoms with Gasteiger partial charge in [-0.3, -0.25) is 23.9 Å². The second kappa shape index (κ2) is 11.3. The van der Waals surface area contributed by atoms with Gasteiger partial charge >= 0.3 is 6.36 Å². The van der Waals surface area contributed by atoms with Crippen molar-refractivity contribution < 1.29 is 46.6 Å². The summed E-state index contributed by atoms with van der Waals surface area (Å²) in [6, 6.07) is -1.45. The first-order chi connectivity index (χ1) is 15.4. The molecule has 0 saturated carbocycles. The van der Waals surface area contributed by atoms with Crippen LogP contribution < -0.4 is 16.4 Å². The van der Waals surface area contributed by atoms with Crippen LogP contribution in [0.5, 0.6) is 0 Å². The maximum atomic E-state index is 13.3. The van der Waals surface area contributed by atoms with Crippen molar-refractivity contribution in [3.05, 3.63) is 0 Å². The highest BCUT2D eigenvalue weighted by atomic mass is 19.4. The number of rotatable bonds is 11. The van der Waals surface area contributed by atoms with E-state index in [-0.39, 0.29) is 44.5 Å². The zero-order chi connectivity index (χ0) is 24.8. The number of ether oxygens (including phenoxy) is 3. The highest BCUT2D eigenvalue weighted by molar-refractivity contribution is 5.95. The van der Waals surface area contributed by atoms with Gasteiger partial charge in [0.15, 0.2) is 11.4 Å². The van der Waals surface area contributed by atoms with Gasteiger partial charge in [0.1, 0.15) is 6.61 Å². The second-order valence-electron chi connectivity index (χ2n) is 8.61. The summed E-state index contributed by atoms with van der Waals surface area (Å²) in [7, 11) is 0. The standard InChI is InChI=1S/C20H30F3N3O7/c1-11(2)7-13(19(18(24)30)10-31-5-6-32-19)17(29)26-14(8-12-3-4-25-16(12)28)15(27)9-33-20(21,22)23/h11-14H,3-10H2,1-2H3,(H2,24,30)(H,25,28)(H,26,29)/t12-,13+,14-,19?/m0/s1. The molecule has 2 aliphatic heterocycles. The summed E-state index contributed by atoms with van der Waals surface area (Å²) in [4.78, 5) is 50.1. The van der Waals surface area contributed by atoms with Crippen LogP contribution in [0.3, 0.4) is 0 Å². The highest BCUT2D eigenvalue weighted by Crippen LogP contribution is 2.32. The first-order valence-corrected chi connectivity index (χ1v) is 10.7. The van der Waals surface area contributed by atoms with Crippen LogP contribution in [-0.2, 0) is 33.4 Å². The van der Waals surface area contributed by atoms with E-state index in [0.29, 0.717) is 13.0 Å². The van der Waals surface area contributed by atoms with E-state index in [9.17, 15) is 32.3 Å². The first-order valence-electron chi connectivity index (χ1n) is 10.7. The zero-order valence-electron chi connectivity index (χ0n) is 18.5. The third kappa shape index (κ3) is 7.37. The van der Waals surface area contributed by atoms with Crippen molar-refractivity contribution >= 4 is 23.5 Å². The molecular formula is C20H30F3N3O7. The monoisotopic (exact) mass is 481 g/mol. The average Bonchev–Trinajstić information content (AvgIpc) is 3.13. The minimum absolute atomic E-state index is 0.00877. The lowest BCUT2D eigenvalue weighted by Gasteiger charge is -2.40. The molecule has 2 heterocycles. The van der Waals surface area contributed by atoms with E-state index < -0.39 is 54.0 Å². The molecule has 13 heteroatoms. The summed E-state index contributed by atoms with van der Waals surface area (Å²) in [6.07, 6.45) is -4.77. The maximum absolute atomic E-state index is 13.3. The maximum Gasteiger partial charge on any atom is 0.522 e. The van der Waals surface area contributed by atoms with Gasteiger partial charge in [-0.2, -0.15) is 0 Å². The SMILES string of the molecule is CC(C)C[C@H](C(=O)N[C@@H](C[C@@H]1CCNC1=O)C(=O)COC(F)(F)F)C1(C(N)=O)COCCO1. The normalized spacial score (nSPS) is 25.4. The van der Waals surface area contributed by atoms with Gasteiger partial charge < -0.3 is 25.8 Å². The molecule has 1 unspecified atom stereocenters. The molecule has 0 spiro atoms. The van der Waals surface area contributed by atoms with E-state index in [1.807, 2.05) is 0 Å². The lowest BCUT2D eigenvalue weighted by Crippen LogP contribution is -2.63. The fourth-order valence-electron chi connectivity index (χ4n) is 4.00. The molecule has 0 aromatic heterocycles. The van der Waals surface area contributed by atoms with Crippen molar-refractivity contribution in [2.24, 2.45) is 23.5 Å². The van der Waals surface area contributed by atoms with Crippen LogP contribution in [0.4, 0.5) is 13.2 Å². The van der Waals surface area contributed by atoms with Crippen molar-refractivity contribution in [3.63, 3.8) is 0 Å². The van der Waals surface area contributed by atoms with Gasteiger partial charge in [0, 0.05) is 12.5 Å². The minimum Gasteiger partial charge on any atom is -0.375 e. The number of amides is 3. The number of hydrogen-bond donors (Lipinski definition) is 3. The second-order valence-corrected chi connectivity index (χ2v) is 8.61. The van der Waals surface area contributed by atoms with Crippen LogP contribution in [0.25, 0.3) is 0 Å². The molecule has 2 rings (SSSR count). The Kier molecular flexibility index (Phi) is 9.20. The van der Waals surface area contributed by atoms with E-state index in [1.54, 1.807) is 13.8 Å². The van der Waals surface area contributed by atoms with Gasteiger partial charge in [0.2, 0.25) is 11.8 Å². The van der Waals surface area contributed by atoms with Crippen LogP contribution in [0.1, 0.15) is 33.1 Å². The lowest BCUT2D eigenvalue weighted by atomic mass is 9.79. The molecular weight excluding hydrogens is 451 g/mol. The number of ketones is 1. The number of nitrogens with two attached hydrogens (primary N) is 1. The number of primary amides is 1. The Hall–Kier alpha value is -2.25. The van der Waals surface area contributed by atoms with Crippen LogP contribution in [-0.4, -0.2) is 74.5 Å². The Balaban J connectivity index is 2.27. The molecule has 188 valence electrons. The van der Waals surface area contributed by atoms with E-state index in [0.717, 1.165) is 0 Å². The Morgan fingerprint density at radius 1 is 1.30 bits per heavy atom. The third-order valence-corrected chi connectivity index (χ3v) is 5.67. The largest absolute Gasteiger partial charge is 0.522 e. The van der Waals surface area contributed by atoms with Crippen LogP contribution in [0, 0.1) is 17.8 Å². The molecule has 2 saturated heterocycles. The molecule has 0 aromatic rings. The number of nitrogens with one attached hydrogen (secondary N) is 2. The summed E-state index contributed by atoms with van der Waals surface area (Å²) in [5, 5.41) is 5.00. The molecule has 0 aliphatic carbocycles. The van der Waals surface area contributed by atoms with Gasteiger partial charge in [-0.25, -0.2) is 0 Å². The van der Waals surface area contributed by atoms with Crippen LogP contribution in [0.2, 0.25) is 0 Å². The highest BCUT2D eigenvalue weighted by Gasteiger charge is 2.51. The fraction of sp³-hybridized carbons (Fsp3) is 0.800. The molecule has 0 aromatic carbocycles. The predicted octanol–water partition coefficient (Wildman–Crippen LogP) is 0.0361. The van der Waals surface area contributed by atoms with E-state index in [2.05, 4.69) is 15.4 Å². The smallest absolute Gasteiger partial charge is 0.375 e. The number of alkyl halides is 3. The fourth-order valence-corrected chi connectivity index (χ4v) is 4.00. The van der Waals surface area contributed by atoms with Gasteiger partial charge in [-0.05, 0) is 25.2 Å². The molecule has 0 bridgehead atoms. The number of carbonyl (C=O) groups excluding carboxylic acids is 4. The molecule has 3 amide bonds. The Bertz CT molecular complexity index is 739. The Labute approximate surface area is 189 Å². The zero-order valence-corrected chi connectivity index (χ0v) is 18.5. The van der Waals surface area contributed by atoms with Crippen molar-refractivity contribution in [1.29, 1.82) is 0 Å². The molecule has 2 aliphatic rings. The molecule has 33 heavy (non-hydrogen) atoms. The number of halogens is 3. The van der Waals surface area contributed by atoms with E-state index in [4.69, 9.17) is 15.2 Å². The molecule has 10 nitrogen and oxygen atoms in total. The lowest BCUT2D eigenvalue weighted by molar-refractivity contribution is -0.321. The summed E-state index contributed by atoms with van der Waals surface area (Å²) >= 11 is 0. The van der Waals surface area contributed by atoms with Crippen LogP contribution in [0.15, 0.2) is 0 Å². The van der Waals surface area contributed by atoms with Gasteiger partial charge in [-0.1, -0.05) is 13.8 Å². The number of carbonyl (C=O) groups is 4. The summed E-state index contributed by atoms with van der Waals surface area (Å²) < 4.78 is 51.9. The van der Waals surface area contributed by atoms with Gasteiger partial charge in [-0.15, -0.1) is 13.2 Å². The first kappa shape index (κ1) is 27.0. The summed E-state index contributed by atoms with van der Waals surface area (Å²) in [5.41, 5.74) is 3.77. The minimum atomic E-state index is -5.04. The topological polar surface area (TPSA) is 146 Å². The Morgan fingerprint density at radius 2 is 2.00 bits per heavy atom. The average molecular weight is 481 g/mol. The quantitative estimate of drug-likeness (QED) is 0.378. The van der Waals surface area contributed by atoms with Crippen molar-refractivity contribution in [1.82, 2.24) is 10.6 Å². The van der Waals surface area contributed by atoms with Crippen molar-refractivity contribution in [3.8, 4) is 0 Å². The number of Topliss-reactive ketones (excluding diaryl/α,β-unsaturated/α-hetero) is 1. The molecule has 0 radical (unpaired) electrons. The van der Waals surface area contributed by atoms with Crippen molar-refractivity contribution in [2.45, 2.75) is 51.1 Å². The summed E-state index contributed by atoms with van der Waals surface area (Å²) in [5.74, 6) is -5.11.